The van der Waals surface area contributed by atoms with Crippen LogP contribution in [0.4, 0.5) is 18.9 Å². The van der Waals surface area contributed by atoms with Gasteiger partial charge in [0.15, 0.2) is 0 Å². The molecular weight excluding hydrogens is 543 g/mol. The van der Waals surface area contributed by atoms with Crippen molar-refractivity contribution in [2.75, 3.05) is 56.5 Å². The van der Waals surface area contributed by atoms with Crippen molar-refractivity contribution >= 4 is 35.8 Å². The Morgan fingerprint density at radius 3 is 2.55 bits per heavy atom. The van der Waals surface area contributed by atoms with Crippen molar-refractivity contribution in [1.29, 1.82) is 0 Å². The fourth-order valence-corrected chi connectivity index (χ4v) is 5.18. The van der Waals surface area contributed by atoms with Crippen LogP contribution in [0.5, 0.6) is 0 Å². The summed E-state index contributed by atoms with van der Waals surface area (Å²) in [5.41, 5.74) is -1.06. The van der Waals surface area contributed by atoms with Gasteiger partial charge in [0.05, 0.1) is 10.7 Å². The summed E-state index contributed by atoms with van der Waals surface area (Å²) in [4.78, 5) is 29.1. The third kappa shape index (κ3) is 8.54. The first-order chi connectivity index (χ1) is 18.0. The molecule has 1 aromatic carbocycles. The molecule has 1 N–H and O–H groups in total. The second kappa shape index (κ2) is 13.6. The van der Waals surface area contributed by atoms with E-state index >= 15 is 0 Å². The first-order valence-corrected chi connectivity index (χ1v) is 13.5. The highest BCUT2D eigenvalue weighted by Gasteiger charge is 2.39. The van der Waals surface area contributed by atoms with Gasteiger partial charge in [-0.2, -0.15) is 25.8 Å². The number of thiol groups is 1. The zero-order valence-electron chi connectivity index (χ0n) is 21.2. The Balaban J connectivity index is 1.49. The summed E-state index contributed by atoms with van der Waals surface area (Å²) in [7, 11) is 0. The van der Waals surface area contributed by atoms with E-state index in [1.807, 2.05) is 24.3 Å². The number of carbonyl (C=O) groups excluding carboxylic acids is 1. The number of hydrogen-bond acceptors (Lipinski definition) is 7. The van der Waals surface area contributed by atoms with Crippen molar-refractivity contribution in [2.45, 2.75) is 38.4 Å². The average Bonchev–Trinajstić information content (AvgIpc) is 3.18. The van der Waals surface area contributed by atoms with Crippen molar-refractivity contribution in [3.05, 3.63) is 62.4 Å². The number of halogens is 4. The maximum absolute atomic E-state index is 13.4. The fourth-order valence-electron chi connectivity index (χ4n) is 4.77. The molecule has 1 atom stereocenters. The molecule has 38 heavy (non-hydrogen) atoms. The SMILES string of the molecule is C/C(=C\C(=C(/CS)[N+](=O)[O-])C(F)(F)F)N[C@@H]1CCN(C(=O)CCN2CCCN(c3ccc(Cl)cc3)CC2)C1. The van der Waals surface area contributed by atoms with Crippen molar-refractivity contribution in [1.82, 2.24) is 15.1 Å². The van der Waals surface area contributed by atoms with E-state index in [4.69, 9.17) is 11.6 Å². The molecule has 0 bridgehead atoms. The zero-order valence-corrected chi connectivity index (χ0v) is 22.9. The van der Waals surface area contributed by atoms with E-state index in [9.17, 15) is 28.1 Å². The molecule has 2 aliphatic rings. The van der Waals surface area contributed by atoms with E-state index in [1.165, 1.54) is 6.92 Å². The Hall–Kier alpha value is -2.44. The second-order valence-electron chi connectivity index (χ2n) is 9.48. The number of hydrogen-bond donors (Lipinski definition) is 2. The molecule has 8 nitrogen and oxygen atoms in total. The molecule has 13 heteroatoms. The predicted octanol–water partition coefficient (Wildman–Crippen LogP) is 4.36. The lowest BCUT2D eigenvalue weighted by Crippen LogP contribution is -2.37. The molecule has 0 unspecified atom stereocenters. The number of benzene rings is 1. The van der Waals surface area contributed by atoms with Gasteiger partial charge < -0.3 is 20.0 Å². The first kappa shape index (κ1) is 30.1. The number of amides is 1. The van der Waals surface area contributed by atoms with Crippen LogP contribution in [0.2, 0.25) is 5.02 Å². The third-order valence-corrected chi connectivity index (χ3v) is 7.29. The van der Waals surface area contributed by atoms with E-state index in [2.05, 4.69) is 27.7 Å². The van der Waals surface area contributed by atoms with Crippen LogP contribution in [0.1, 0.15) is 26.2 Å². The summed E-state index contributed by atoms with van der Waals surface area (Å²) >= 11 is 9.68. The van der Waals surface area contributed by atoms with Gasteiger partial charge in [0.1, 0.15) is 5.57 Å². The van der Waals surface area contributed by atoms with E-state index < -0.39 is 28.1 Å². The molecule has 3 rings (SSSR count). The molecule has 0 spiro atoms. The minimum atomic E-state index is -4.88. The minimum absolute atomic E-state index is 0.0105. The Labute approximate surface area is 231 Å². The monoisotopic (exact) mass is 575 g/mol. The van der Waals surface area contributed by atoms with E-state index in [1.54, 1.807) is 4.90 Å². The number of likely N-dealkylation sites (tertiary alicyclic amines) is 1. The first-order valence-electron chi connectivity index (χ1n) is 12.5. The van der Waals surface area contributed by atoms with Gasteiger partial charge in [-0.05, 0) is 56.7 Å². The van der Waals surface area contributed by atoms with Crippen molar-refractivity contribution in [3.63, 3.8) is 0 Å². The molecule has 2 saturated heterocycles. The number of anilines is 1. The number of carbonyl (C=O) groups is 1. The summed E-state index contributed by atoms with van der Waals surface area (Å²) in [5, 5.41) is 14.7. The molecule has 2 aliphatic heterocycles. The molecular formula is C25H33ClF3N5O3S. The van der Waals surface area contributed by atoms with Gasteiger partial charge >= 0.3 is 6.18 Å². The maximum Gasteiger partial charge on any atom is 0.422 e. The number of nitrogens with one attached hydrogen (secondary N) is 1. The lowest BCUT2D eigenvalue weighted by atomic mass is 10.1. The van der Waals surface area contributed by atoms with Crippen LogP contribution in [0.15, 0.2) is 47.3 Å². The molecule has 2 heterocycles. The van der Waals surface area contributed by atoms with Crippen LogP contribution in [-0.2, 0) is 4.79 Å². The van der Waals surface area contributed by atoms with Gasteiger partial charge in [0.25, 0.3) is 5.70 Å². The highest BCUT2D eigenvalue weighted by molar-refractivity contribution is 7.80. The predicted molar refractivity (Wildman–Crippen MR) is 145 cm³/mol. The largest absolute Gasteiger partial charge is 0.422 e. The fraction of sp³-hybridized carbons (Fsp3) is 0.560. The topological polar surface area (TPSA) is 82.0 Å². The van der Waals surface area contributed by atoms with Crippen LogP contribution >= 0.6 is 24.2 Å². The van der Waals surface area contributed by atoms with E-state index in [0.29, 0.717) is 37.5 Å². The average molecular weight is 576 g/mol. The van der Waals surface area contributed by atoms with Crippen LogP contribution < -0.4 is 10.2 Å². The molecule has 0 saturated carbocycles. The molecule has 1 aromatic rings. The molecule has 0 aromatic heterocycles. The number of alkyl halides is 3. The van der Waals surface area contributed by atoms with Gasteiger partial charge in [-0.3, -0.25) is 14.9 Å². The quantitative estimate of drug-likeness (QED) is 0.197. The number of nitro groups is 1. The Morgan fingerprint density at radius 2 is 1.92 bits per heavy atom. The van der Waals surface area contributed by atoms with Gasteiger partial charge in [-0.1, -0.05) is 11.6 Å². The smallest absolute Gasteiger partial charge is 0.384 e. The van der Waals surface area contributed by atoms with Gasteiger partial charge in [0, 0.05) is 68.1 Å². The van der Waals surface area contributed by atoms with Gasteiger partial charge in [0.2, 0.25) is 5.91 Å². The van der Waals surface area contributed by atoms with Gasteiger partial charge in [-0.25, -0.2) is 0 Å². The van der Waals surface area contributed by atoms with Crippen LogP contribution in [0, 0.1) is 10.1 Å². The molecule has 1 amide bonds. The van der Waals surface area contributed by atoms with Crippen LogP contribution in [-0.4, -0.2) is 84.4 Å². The second-order valence-corrected chi connectivity index (χ2v) is 10.2. The van der Waals surface area contributed by atoms with E-state index in [-0.39, 0.29) is 17.6 Å². The summed E-state index contributed by atoms with van der Waals surface area (Å²) in [6.07, 6.45) is -2.21. The Bertz CT molecular complexity index is 1050. The summed E-state index contributed by atoms with van der Waals surface area (Å²) < 4.78 is 40.2. The van der Waals surface area contributed by atoms with Crippen molar-refractivity contribution in [3.8, 4) is 0 Å². The Morgan fingerprint density at radius 1 is 1.21 bits per heavy atom. The van der Waals surface area contributed by atoms with Crippen LogP contribution in [0.25, 0.3) is 0 Å². The maximum atomic E-state index is 13.4. The van der Waals surface area contributed by atoms with E-state index in [0.717, 1.165) is 44.4 Å². The molecule has 210 valence electrons. The summed E-state index contributed by atoms with van der Waals surface area (Å²) in [6.45, 7) is 6.49. The normalized spacial score (nSPS) is 20.3. The minimum Gasteiger partial charge on any atom is -0.384 e. The number of allylic oxidation sites excluding steroid dienone is 3. The number of rotatable bonds is 9. The zero-order chi connectivity index (χ0) is 27.9. The highest BCUT2D eigenvalue weighted by Crippen LogP contribution is 2.31. The molecule has 2 fully saturated rings. The Kier molecular flexibility index (Phi) is 10.8. The van der Waals surface area contributed by atoms with Crippen molar-refractivity contribution in [2.24, 2.45) is 0 Å². The highest BCUT2D eigenvalue weighted by atomic mass is 35.5. The third-order valence-electron chi connectivity index (χ3n) is 6.74. The van der Waals surface area contributed by atoms with Crippen molar-refractivity contribution < 1.29 is 22.9 Å². The summed E-state index contributed by atoms with van der Waals surface area (Å²) in [6, 6.07) is 7.55. The molecule has 0 aliphatic carbocycles. The lowest BCUT2D eigenvalue weighted by Gasteiger charge is -2.24. The number of nitrogens with zero attached hydrogens (tertiary/aromatic N) is 4. The van der Waals surface area contributed by atoms with Crippen LogP contribution in [0.3, 0.4) is 0 Å². The standard InChI is InChI=1S/C25H33ClF3N5O3S/c1-18(15-22(25(27,28)29)23(17-38)34(36)37)30-20-7-12-33(16-20)24(35)8-11-31-9-2-10-32(14-13-31)21-5-3-19(26)4-6-21/h3-6,15,20,30,38H,2,7-14,16-17H2,1H3/b18-15+,23-22-/t20-/m1/s1. The van der Waals surface area contributed by atoms with Gasteiger partial charge in [-0.15, -0.1) is 0 Å². The molecule has 0 radical (unpaired) electrons. The lowest BCUT2D eigenvalue weighted by molar-refractivity contribution is -0.426. The summed E-state index contributed by atoms with van der Waals surface area (Å²) in [5.74, 6) is -0.635.